The van der Waals surface area contributed by atoms with Crippen LogP contribution in [0.1, 0.15) is 0 Å². The zero-order valence-corrected chi connectivity index (χ0v) is 8.16. The van der Waals surface area contributed by atoms with E-state index in [2.05, 4.69) is 0 Å². The van der Waals surface area contributed by atoms with Crippen LogP contribution >= 0.6 is 0 Å². The summed E-state index contributed by atoms with van der Waals surface area (Å²) in [7, 11) is 0. The van der Waals surface area contributed by atoms with Crippen molar-refractivity contribution in [1.82, 2.24) is 0 Å². The summed E-state index contributed by atoms with van der Waals surface area (Å²) in [5.74, 6) is 0. The molecule has 0 aromatic carbocycles. The third-order valence-electron chi connectivity index (χ3n) is 0. The average Bonchev–Trinajstić information content (AvgIpc) is 1.50. The van der Waals surface area contributed by atoms with Crippen LogP contribution in [0.5, 0.6) is 0 Å². The molecule has 0 aliphatic heterocycles. The van der Waals surface area contributed by atoms with E-state index < -0.39 is 0 Å². The molecule has 6 heavy (non-hydrogen) atoms. The van der Waals surface area contributed by atoms with E-state index in [1.54, 1.807) is 0 Å². The molecule has 0 amide bonds. The van der Waals surface area contributed by atoms with Crippen molar-refractivity contribution in [3.8, 4) is 0 Å². The Bertz CT molecular complexity index is 13.5. The summed E-state index contributed by atoms with van der Waals surface area (Å²) in [6.45, 7) is 0. The summed E-state index contributed by atoms with van der Waals surface area (Å²) in [6.07, 6.45) is 0. The Hall–Kier alpha value is 2.35. The molecular weight excluding hydrogens is 347 g/mol. The molecule has 0 spiro atoms. The van der Waals surface area contributed by atoms with E-state index in [0.29, 0.717) is 0 Å². The van der Waals surface area contributed by atoms with Crippen LogP contribution < -0.4 is 0 Å². The number of hydrogen-bond donors (Lipinski definition) is 0. The maximum absolute atomic E-state index is 8.38. The van der Waals surface area contributed by atoms with Crippen LogP contribution in [0.4, 0.5) is 0 Å². The maximum atomic E-state index is 8.38. The minimum atomic E-state index is 0. The fourth-order valence-corrected chi connectivity index (χ4v) is 0. The molecule has 2 nitrogen and oxygen atoms in total. The second-order valence-electron chi connectivity index (χ2n) is 0. The summed E-state index contributed by atoms with van der Waals surface area (Å²) in [5.41, 5.74) is 0. The van der Waals surface area contributed by atoms with Crippen LogP contribution in [-0.2, 0) is 43.7 Å². The molecular formula is H6GaInO2Zn2. The van der Waals surface area contributed by atoms with E-state index in [-0.39, 0.29) is 82.1 Å². The zero-order valence-electron chi connectivity index (χ0n) is 2.23. The molecule has 0 N–H and O–H groups in total. The third kappa shape index (κ3) is 32.9. The fourth-order valence-electron chi connectivity index (χ4n) is 0. The van der Waals surface area contributed by atoms with Gasteiger partial charge in [-0.25, -0.2) is 0 Å². The molecule has 0 aliphatic rings. The fraction of sp³-hybridized carbons (Fsp3) is 0. The Balaban J connectivity index is -0.00000000500. The van der Waals surface area contributed by atoms with Gasteiger partial charge in [-0.15, -0.1) is 0 Å². The van der Waals surface area contributed by atoms with Gasteiger partial charge in [0.25, 0.3) is 0 Å². The molecule has 0 radical (unpaired) electrons. The summed E-state index contributed by atoms with van der Waals surface area (Å²) >= 11 is 0.250. The van der Waals surface area contributed by atoms with E-state index in [9.17, 15) is 0 Å². The Labute approximate surface area is 87.9 Å². The van der Waals surface area contributed by atoms with Gasteiger partial charge in [-0.3, -0.25) is 0 Å². The topological polar surface area (TPSA) is 34.1 Å². The van der Waals surface area contributed by atoms with Gasteiger partial charge < -0.3 is 0 Å². The van der Waals surface area contributed by atoms with Crippen molar-refractivity contribution in [1.29, 1.82) is 0 Å². The molecule has 6 heteroatoms. The van der Waals surface area contributed by atoms with E-state index in [0.717, 1.165) is 0 Å². The first-order chi connectivity index (χ1) is 2.00. The predicted molar refractivity (Wildman–Crippen MR) is 21.3 cm³/mol. The monoisotopic (exact) mass is 350 g/mol. The van der Waals surface area contributed by atoms with Gasteiger partial charge in [0.2, 0.25) is 0 Å². The van der Waals surface area contributed by atoms with Crippen molar-refractivity contribution in [3.05, 3.63) is 0 Å². The van der Waals surface area contributed by atoms with E-state index >= 15 is 0 Å². The Kier molecular flexibility index (Phi) is 213. The molecule has 0 heterocycles. The quantitative estimate of drug-likeness (QED) is 0.448. The van der Waals surface area contributed by atoms with Gasteiger partial charge in [0, 0.05) is 0 Å². The van der Waals surface area contributed by atoms with Crippen molar-refractivity contribution in [2.75, 3.05) is 0 Å². The van der Waals surface area contributed by atoms with Gasteiger partial charge in [0.15, 0.2) is 0 Å². The van der Waals surface area contributed by atoms with E-state index in [4.69, 9.17) is 7.15 Å². The molecule has 0 saturated carbocycles. The predicted octanol–water partition coefficient (Wildman–Crippen LogP) is -2.61. The number of hydrogen-bond acceptors (Lipinski definition) is 2. The molecule has 0 aliphatic carbocycles. The molecule has 0 aromatic heterocycles. The Morgan fingerprint density at radius 2 is 0.833 bits per heavy atom. The Morgan fingerprint density at radius 3 is 0.833 bits per heavy atom. The van der Waals surface area contributed by atoms with Crippen molar-refractivity contribution >= 4 is 45.6 Å². The van der Waals surface area contributed by atoms with Gasteiger partial charge >= 0.3 is 89.3 Å². The molecule has 0 atom stereocenters. The Morgan fingerprint density at radius 1 is 0.833 bits per heavy atom. The van der Waals surface area contributed by atoms with Crippen molar-refractivity contribution < 1.29 is 43.7 Å². The molecule has 0 aromatic rings. The molecule has 0 fully saturated rings. The van der Waals surface area contributed by atoms with Crippen LogP contribution in [0.15, 0.2) is 0 Å². The van der Waals surface area contributed by atoms with Crippen LogP contribution in [0, 0.1) is 0 Å². The van der Waals surface area contributed by atoms with Crippen LogP contribution in [0.2, 0.25) is 0 Å². The summed E-state index contributed by atoms with van der Waals surface area (Å²) in [6, 6.07) is 0. The van der Waals surface area contributed by atoms with E-state index in [1.807, 2.05) is 0 Å². The molecule has 0 rings (SSSR count). The first kappa shape index (κ1) is 23.8. The van der Waals surface area contributed by atoms with E-state index in [1.165, 1.54) is 0 Å². The van der Waals surface area contributed by atoms with Crippen LogP contribution in [0.25, 0.3) is 0 Å². The second-order valence-corrected chi connectivity index (χ2v) is 0. The third-order valence-corrected chi connectivity index (χ3v) is 0. The van der Waals surface area contributed by atoms with Crippen LogP contribution in [-0.4, -0.2) is 45.6 Å². The summed E-state index contributed by atoms with van der Waals surface area (Å²) in [5, 5.41) is 0. The molecule has 0 unspecified atom stereocenters. The van der Waals surface area contributed by atoms with Crippen molar-refractivity contribution in [3.63, 3.8) is 0 Å². The van der Waals surface area contributed by atoms with Crippen LogP contribution in [0.3, 0.4) is 0 Å². The van der Waals surface area contributed by atoms with Crippen molar-refractivity contribution in [2.24, 2.45) is 0 Å². The SMILES string of the molecule is [GaH3].[InH3].[O]=[Zn].[O]=[Zn]. The van der Waals surface area contributed by atoms with Gasteiger partial charge in [-0.05, 0) is 0 Å². The van der Waals surface area contributed by atoms with Crippen molar-refractivity contribution in [2.45, 2.75) is 0 Å². The summed E-state index contributed by atoms with van der Waals surface area (Å²) < 4.78 is 16.8. The van der Waals surface area contributed by atoms with Gasteiger partial charge in [0.1, 0.15) is 0 Å². The molecule has 0 saturated heterocycles. The van der Waals surface area contributed by atoms with Gasteiger partial charge in [-0.2, -0.15) is 0 Å². The molecule has 0 bridgehead atoms. The first-order valence-electron chi connectivity index (χ1n) is 0.577. The minimum absolute atomic E-state index is 0. The zero-order chi connectivity index (χ0) is 4.00. The standard InChI is InChI=1S/Ga.In.2O.2Zn.6H. The summed E-state index contributed by atoms with van der Waals surface area (Å²) in [4.78, 5) is 0. The first-order valence-corrected chi connectivity index (χ1v) is 3.00. The molecule has 28 valence electrons. The normalized spacial score (nSPS) is 2.00. The van der Waals surface area contributed by atoms with Gasteiger partial charge in [0.05, 0.1) is 0 Å². The second kappa shape index (κ2) is 53.6. The average molecular weight is 353 g/mol. The van der Waals surface area contributed by atoms with Gasteiger partial charge in [-0.1, -0.05) is 0 Å². The number of rotatable bonds is 0.